The van der Waals surface area contributed by atoms with Gasteiger partial charge in [-0.15, -0.1) is 0 Å². The van der Waals surface area contributed by atoms with Crippen molar-refractivity contribution < 1.29 is 10.2 Å². The van der Waals surface area contributed by atoms with E-state index in [9.17, 15) is 0 Å². The molecule has 0 aromatic heterocycles. The van der Waals surface area contributed by atoms with Gasteiger partial charge in [-0.2, -0.15) is 0 Å². The van der Waals surface area contributed by atoms with Gasteiger partial charge in [0.25, 0.3) is 0 Å². The molecular weight excluding hydrogens is 120 g/mol. The summed E-state index contributed by atoms with van der Waals surface area (Å²) in [4.78, 5) is 1.68. The summed E-state index contributed by atoms with van der Waals surface area (Å²) in [5, 5.41) is 16.9. The molecule has 9 heavy (non-hydrogen) atoms. The zero-order valence-electron chi connectivity index (χ0n) is 5.62. The molecule has 4 N–H and O–H groups in total. The van der Waals surface area contributed by atoms with E-state index in [0.717, 1.165) is 0 Å². The molecule has 0 aliphatic carbocycles. The molecule has 0 rings (SSSR count). The summed E-state index contributed by atoms with van der Waals surface area (Å²) < 4.78 is 0. The first-order valence-electron chi connectivity index (χ1n) is 2.90. The minimum absolute atomic E-state index is 0.0729. The van der Waals surface area contributed by atoms with E-state index in [2.05, 4.69) is 0 Å². The van der Waals surface area contributed by atoms with Gasteiger partial charge in [-0.1, -0.05) is 0 Å². The Hall–Kier alpha value is -0.160. The number of nitrogens with two attached hydrogens (primary N) is 1. The lowest BCUT2D eigenvalue weighted by Gasteiger charge is -2.20. The smallest absolute Gasteiger partial charge is 0.0808 e. The second-order valence-electron chi connectivity index (χ2n) is 1.95. The highest BCUT2D eigenvalue weighted by Crippen LogP contribution is 1.84. The van der Waals surface area contributed by atoms with Crippen molar-refractivity contribution in [1.82, 2.24) is 4.90 Å². The Kier molecular flexibility index (Phi) is 4.61. The van der Waals surface area contributed by atoms with Gasteiger partial charge in [-0.05, 0) is 7.05 Å². The molecule has 0 aromatic rings. The molecule has 0 aliphatic rings. The Labute approximate surface area is 54.9 Å². The molecular formula is C5H14N2O2. The van der Waals surface area contributed by atoms with E-state index in [1.165, 1.54) is 0 Å². The molecule has 1 atom stereocenters. The number of aliphatic hydroxyl groups is 2. The van der Waals surface area contributed by atoms with Gasteiger partial charge in [0, 0.05) is 6.54 Å². The fraction of sp³-hybridized carbons (Fsp3) is 1.00. The Bertz CT molecular complexity index is 70.0. The summed E-state index contributed by atoms with van der Waals surface area (Å²) in [5.41, 5.74) is 5.37. The standard InChI is InChI=1S/C5H14N2O2/c1-7(2-3-8)5(6)4-9/h5,8-9H,2-4,6H2,1H3. The third kappa shape index (κ3) is 3.42. The first kappa shape index (κ1) is 8.84. The molecule has 0 fully saturated rings. The summed E-state index contributed by atoms with van der Waals surface area (Å²) in [6, 6.07) is 0. The quantitative estimate of drug-likeness (QED) is 0.396. The van der Waals surface area contributed by atoms with Crippen LogP contribution in [0.5, 0.6) is 0 Å². The summed E-state index contributed by atoms with van der Waals surface area (Å²) in [6.45, 7) is 0.502. The maximum absolute atomic E-state index is 8.48. The van der Waals surface area contributed by atoms with Crippen molar-refractivity contribution in [2.45, 2.75) is 6.17 Å². The van der Waals surface area contributed by atoms with Crippen LogP contribution >= 0.6 is 0 Å². The van der Waals surface area contributed by atoms with Crippen LogP contribution in [0.25, 0.3) is 0 Å². The van der Waals surface area contributed by atoms with Crippen molar-refractivity contribution in [2.75, 3.05) is 26.8 Å². The van der Waals surface area contributed by atoms with Gasteiger partial charge in [0.2, 0.25) is 0 Å². The maximum Gasteiger partial charge on any atom is 0.0808 e. The van der Waals surface area contributed by atoms with Gasteiger partial charge in [0.1, 0.15) is 0 Å². The first-order chi connectivity index (χ1) is 4.22. The van der Waals surface area contributed by atoms with Gasteiger partial charge in [-0.3, -0.25) is 4.90 Å². The molecule has 0 radical (unpaired) electrons. The molecule has 4 heteroatoms. The number of rotatable bonds is 4. The number of likely N-dealkylation sites (N-methyl/N-ethyl adjacent to an activating group) is 1. The van der Waals surface area contributed by atoms with Crippen LogP contribution in [0.4, 0.5) is 0 Å². The van der Waals surface area contributed by atoms with Crippen molar-refractivity contribution in [1.29, 1.82) is 0 Å². The lowest BCUT2D eigenvalue weighted by Crippen LogP contribution is -2.43. The van der Waals surface area contributed by atoms with Crippen molar-refractivity contribution in [3.05, 3.63) is 0 Å². The van der Waals surface area contributed by atoms with Crippen LogP contribution < -0.4 is 5.73 Å². The highest BCUT2D eigenvalue weighted by atomic mass is 16.3. The Morgan fingerprint density at radius 1 is 1.56 bits per heavy atom. The average molecular weight is 134 g/mol. The average Bonchev–Trinajstić information content (AvgIpc) is 1.87. The molecule has 0 saturated carbocycles. The van der Waals surface area contributed by atoms with Crippen molar-refractivity contribution in [3.63, 3.8) is 0 Å². The van der Waals surface area contributed by atoms with Crippen LogP contribution in [0, 0.1) is 0 Å². The van der Waals surface area contributed by atoms with Gasteiger partial charge in [0.15, 0.2) is 0 Å². The largest absolute Gasteiger partial charge is 0.395 e. The van der Waals surface area contributed by atoms with Crippen molar-refractivity contribution in [2.24, 2.45) is 5.73 Å². The van der Waals surface area contributed by atoms with E-state index in [-0.39, 0.29) is 19.4 Å². The van der Waals surface area contributed by atoms with E-state index >= 15 is 0 Å². The molecule has 0 saturated heterocycles. The predicted octanol–water partition coefficient (Wildman–Crippen LogP) is -1.81. The fourth-order valence-electron chi connectivity index (χ4n) is 0.463. The van der Waals surface area contributed by atoms with E-state index in [4.69, 9.17) is 15.9 Å². The zero-order valence-corrected chi connectivity index (χ0v) is 5.62. The summed E-state index contributed by atoms with van der Waals surface area (Å²) in [7, 11) is 1.75. The van der Waals surface area contributed by atoms with E-state index < -0.39 is 0 Å². The van der Waals surface area contributed by atoms with Crippen molar-refractivity contribution in [3.8, 4) is 0 Å². The third-order valence-corrected chi connectivity index (χ3v) is 1.21. The van der Waals surface area contributed by atoms with Crippen LogP contribution in [-0.4, -0.2) is 48.1 Å². The normalized spacial score (nSPS) is 14.3. The molecule has 0 amide bonds. The minimum Gasteiger partial charge on any atom is -0.395 e. The van der Waals surface area contributed by atoms with E-state index in [1.807, 2.05) is 0 Å². The summed E-state index contributed by atoms with van der Waals surface area (Å²) in [5.74, 6) is 0. The van der Waals surface area contributed by atoms with Crippen LogP contribution in [-0.2, 0) is 0 Å². The second-order valence-corrected chi connectivity index (χ2v) is 1.95. The first-order valence-corrected chi connectivity index (χ1v) is 2.90. The Balaban J connectivity index is 3.32. The van der Waals surface area contributed by atoms with E-state index in [0.29, 0.717) is 6.54 Å². The molecule has 0 bridgehead atoms. The van der Waals surface area contributed by atoms with Crippen LogP contribution in [0.2, 0.25) is 0 Å². The second kappa shape index (κ2) is 4.69. The van der Waals surface area contributed by atoms with Gasteiger partial charge < -0.3 is 15.9 Å². The number of hydrogen-bond donors (Lipinski definition) is 3. The Morgan fingerprint density at radius 3 is 2.44 bits per heavy atom. The summed E-state index contributed by atoms with van der Waals surface area (Å²) >= 11 is 0. The zero-order chi connectivity index (χ0) is 7.28. The molecule has 0 aromatic carbocycles. The number of aliphatic hydroxyl groups excluding tert-OH is 2. The highest BCUT2D eigenvalue weighted by Gasteiger charge is 2.05. The maximum atomic E-state index is 8.48. The van der Waals surface area contributed by atoms with Crippen LogP contribution in [0.15, 0.2) is 0 Å². The molecule has 0 aliphatic heterocycles. The third-order valence-electron chi connectivity index (χ3n) is 1.21. The lowest BCUT2D eigenvalue weighted by molar-refractivity contribution is 0.128. The van der Waals surface area contributed by atoms with Gasteiger partial charge in [0.05, 0.1) is 19.4 Å². The molecule has 4 nitrogen and oxygen atoms in total. The monoisotopic (exact) mass is 134 g/mol. The van der Waals surface area contributed by atoms with Crippen LogP contribution in [0.1, 0.15) is 0 Å². The predicted molar refractivity (Wildman–Crippen MR) is 34.8 cm³/mol. The fourth-order valence-corrected chi connectivity index (χ4v) is 0.463. The number of hydrogen-bond acceptors (Lipinski definition) is 4. The minimum atomic E-state index is -0.350. The Morgan fingerprint density at radius 2 is 2.11 bits per heavy atom. The SMILES string of the molecule is CN(CCO)C(N)CO. The van der Waals surface area contributed by atoms with Gasteiger partial charge in [-0.25, -0.2) is 0 Å². The van der Waals surface area contributed by atoms with Crippen molar-refractivity contribution >= 4 is 0 Å². The summed E-state index contributed by atoms with van der Waals surface area (Å²) in [6.07, 6.45) is -0.350. The lowest BCUT2D eigenvalue weighted by atomic mass is 10.4. The van der Waals surface area contributed by atoms with Gasteiger partial charge >= 0.3 is 0 Å². The van der Waals surface area contributed by atoms with Crippen LogP contribution in [0.3, 0.4) is 0 Å². The molecule has 56 valence electrons. The molecule has 0 spiro atoms. The topological polar surface area (TPSA) is 69.7 Å². The van der Waals surface area contributed by atoms with E-state index in [1.54, 1.807) is 11.9 Å². The molecule has 1 unspecified atom stereocenters. The molecule has 0 heterocycles. The highest BCUT2D eigenvalue weighted by molar-refractivity contribution is 4.57. The number of nitrogens with zero attached hydrogens (tertiary/aromatic N) is 1.